The van der Waals surface area contributed by atoms with Gasteiger partial charge in [-0.25, -0.2) is 8.42 Å². The molecule has 33 heavy (non-hydrogen) atoms. The van der Waals surface area contributed by atoms with Gasteiger partial charge in [0.2, 0.25) is 6.79 Å². The molecule has 4 heterocycles. The third-order valence-electron chi connectivity index (χ3n) is 7.03. The minimum absolute atomic E-state index is 0.0590. The summed E-state index contributed by atoms with van der Waals surface area (Å²) in [5.74, 6) is 2.12. The molecule has 2 saturated heterocycles. The van der Waals surface area contributed by atoms with Crippen LogP contribution in [0.4, 0.5) is 0 Å². The maximum atomic E-state index is 13.1. The zero-order valence-corrected chi connectivity index (χ0v) is 20.1. The SMILES string of the molecule is Cc1cc(C(=O)CN2CCN(Cc3ccc4c(c3)OCO4)CC2)c(C)n1C1CCS(=O)(=O)C1. The fourth-order valence-corrected chi connectivity index (χ4v) is 6.99. The van der Waals surface area contributed by atoms with Crippen LogP contribution in [0.25, 0.3) is 0 Å². The molecule has 0 amide bonds. The molecule has 2 fully saturated rings. The molecular formula is C24H31N3O5S. The summed E-state index contributed by atoms with van der Waals surface area (Å²) in [4.78, 5) is 17.7. The van der Waals surface area contributed by atoms with E-state index in [-0.39, 0.29) is 30.1 Å². The zero-order valence-electron chi connectivity index (χ0n) is 19.2. The van der Waals surface area contributed by atoms with E-state index in [1.165, 1.54) is 5.56 Å². The second kappa shape index (κ2) is 8.77. The molecule has 0 radical (unpaired) electrons. The first kappa shape index (κ1) is 22.4. The number of nitrogens with zero attached hydrogens (tertiary/aromatic N) is 3. The van der Waals surface area contributed by atoms with E-state index in [2.05, 4.69) is 20.4 Å². The van der Waals surface area contributed by atoms with Crippen molar-refractivity contribution < 1.29 is 22.7 Å². The van der Waals surface area contributed by atoms with Crippen molar-refractivity contribution in [3.8, 4) is 11.5 Å². The summed E-state index contributed by atoms with van der Waals surface area (Å²) in [6.07, 6.45) is 0.623. The number of aromatic nitrogens is 1. The van der Waals surface area contributed by atoms with Crippen LogP contribution in [0, 0.1) is 13.8 Å². The number of carbonyl (C=O) groups excluding carboxylic acids is 1. The number of carbonyl (C=O) groups is 1. The number of ether oxygens (including phenoxy) is 2. The lowest BCUT2D eigenvalue weighted by atomic mass is 10.1. The Morgan fingerprint density at radius 3 is 2.48 bits per heavy atom. The van der Waals surface area contributed by atoms with Crippen LogP contribution in [0.2, 0.25) is 0 Å². The minimum atomic E-state index is -2.97. The van der Waals surface area contributed by atoms with Gasteiger partial charge in [-0.05, 0) is 44.0 Å². The van der Waals surface area contributed by atoms with E-state index < -0.39 is 9.84 Å². The van der Waals surface area contributed by atoms with Crippen molar-refractivity contribution in [1.29, 1.82) is 0 Å². The molecule has 3 aliphatic heterocycles. The van der Waals surface area contributed by atoms with E-state index in [1.807, 2.05) is 32.0 Å². The van der Waals surface area contributed by atoms with Crippen LogP contribution < -0.4 is 9.47 Å². The average molecular weight is 474 g/mol. The summed E-state index contributed by atoms with van der Waals surface area (Å²) in [6, 6.07) is 7.96. The molecule has 1 aromatic heterocycles. The highest BCUT2D eigenvalue weighted by atomic mass is 32.2. The number of sulfone groups is 1. The Hall–Kier alpha value is -2.36. The fraction of sp³-hybridized carbons (Fsp3) is 0.542. The normalized spacial score (nSPS) is 22.7. The standard InChI is InChI=1S/C24H31N3O5S/c1-17-11-21(18(2)27(17)20-5-10-33(29,30)15-20)22(28)14-26-8-6-25(7-9-26)13-19-3-4-23-24(12-19)32-16-31-23/h3-4,11-12,20H,5-10,13-16H2,1-2H3. The molecule has 5 rings (SSSR count). The molecule has 0 saturated carbocycles. The first-order chi connectivity index (χ1) is 15.8. The average Bonchev–Trinajstić information content (AvgIpc) is 3.46. The van der Waals surface area contributed by atoms with Gasteiger partial charge in [-0.15, -0.1) is 0 Å². The number of ketones is 1. The quantitative estimate of drug-likeness (QED) is 0.595. The van der Waals surface area contributed by atoms with Crippen LogP contribution in [0.5, 0.6) is 11.5 Å². The fourth-order valence-electron chi connectivity index (χ4n) is 5.29. The van der Waals surface area contributed by atoms with Crippen LogP contribution in [-0.4, -0.2) is 79.6 Å². The highest BCUT2D eigenvalue weighted by Gasteiger charge is 2.32. The van der Waals surface area contributed by atoms with E-state index in [1.54, 1.807) is 0 Å². The largest absolute Gasteiger partial charge is 0.454 e. The number of Topliss-reactive ketones (excluding diaryl/α,β-unsaturated/α-hetero) is 1. The van der Waals surface area contributed by atoms with Crippen LogP contribution in [0.3, 0.4) is 0 Å². The van der Waals surface area contributed by atoms with Gasteiger partial charge >= 0.3 is 0 Å². The summed E-state index contributed by atoms with van der Waals surface area (Å²) in [6.45, 7) is 8.92. The monoisotopic (exact) mass is 473 g/mol. The van der Waals surface area contributed by atoms with Gasteiger partial charge in [-0.1, -0.05) is 6.07 Å². The van der Waals surface area contributed by atoms with Gasteiger partial charge in [-0.3, -0.25) is 14.6 Å². The number of benzene rings is 1. The third kappa shape index (κ3) is 4.67. The Morgan fingerprint density at radius 1 is 1.03 bits per heavy atom. The van der Waals surface area contributed by atoms with Crippen LogP contribution in [-0.2, 0) is 16.4 Å². The van der Waals surface area contributed by atoms with E-state index in [9.17, 15) is 13.2 Å². The summed E-state index contributed by atoms with van der Waals surface area (Å²) in [5.41, 5.74) is 3.78. The molecule has 1 unspecified atom stereocenters. The molecule has 1 aromatic carbocycles. The number of rotatable bonds is 6. The predicted molar refractivity (Wildman–Crippen MR) is 125 cm³/mol. The molecule has 2 aromatic rings. The van der Waals surface area contributed by atoms with E-state index in [0.29, 0.717) is 13.0 Å². The molecule has 0 bridgehead atoms. The van der Waals surface area contributed by atoms with Crippen molar-refractivity contribution in [3.63, 3.8) is 0 Å². The lowest BCUT2D eigenvalue weighted by molar-refractivity contribution is 0.0843. The summed E-state index contributed by atoms with van der Waals surface area (Å²) in [7, 11) is -2.97. The van der Waals surface area contributed by atoms with Crippen molar-refractivity contribution in [2.45, 2.75) is 32.9 Å². The van der Waals surface area contributed by atoms with Crippen molar-refractivity contribution in [2.24, 2.45) is 0 Å². The topological polar surface area (TPSA) is 81.1 Å². The third-order valence-corrected chi connectivity index (χ3v) is 8.78. The maximum Gasteiger partial charge on any atom is 0.231 e. The van der Waals surface area contributed by atoms with Crippen LogP contribution in [0.1, 0.15) is 39.8 Å². The number of aryl methyl sites for hydroxylation is 1. The Labute approximate surface area is 195 Å². The molecule has 1 atom stereocenters. The number of hydrogen-bond acceptors (Lipinski definition) is 7. The smallest absolute Gasteiger partial charge is 0.231 e. The second-order valence-electron chi connectivity index (χ2n) is 9.37. The van der Waals surface area contributed by atoms with Gasteiger partial charge < -0.3 is 14.0 Å². The molecule has 9 heteroatoms. The van der Waals surface area contributed by atoms with Crippen LogP contribution >= 0.6 is 0 Å². The van der Waals surface area contributed by atoms with Gasteiger partial charge in [0.1, 0.15) is 0 Å². The predicted octanol–water partition coefficient (Wildman–Crippen LogP) is 2.19. The second-order valence-corrected chi connectivity index (χ2v) is 11.6. The zero-order chi connectivity index (χ0) is 23.2. The first-order valence-corrected chi connectivity index (χ1v) is 13.4. The molecule has 3 aliphatic rings. The number of hydrogen-bond donors (Lipinski definition) is 0. The molecule has 0 N–H and O–H groups in total. The Balaban J connectivity index is 1.17. The minimum Gasteiger partial charge on any atom is -0.454 e. The Kier molecular flexibility index (Phi) is 5.96. The lowest BCUT2D eigenvalue weighted by Crippen LogP contribution is -2.47. The van der Waals surface area contributed by atoms with Gasteiger partial charge in [0.15, 0.2) is 27.1 Å². The number of piperazine rings is 1. The van der Waals surface area contributed by atoms with Gasteiger partial charge in [0.25, 0.3) is 0 Å². The summed E-state index contributed by atoms with van der Waals surface area (Å²) >= 11 is 0. The summed E-state index contributed by atoms with van der Waals surface area (Å²) < 4.78 is 36.8. The van der Waals surface area contributed by atoms with Crippen LogP contribution in [0.15, 0.2) is 24.3 Å². The lowest BCUT2D eigenvalue weighted by Gasteiger charge is -2.34. The maximum absolute atomic E-state index is 13.1. The molecule has 8 nitrogen and oxygen atoms in total. The number of fused-ring (bicyclic) bond motifs is 1. The van der Waals surface area contributed by atoms with E-state index in [0.717, 1.165) is 61.2 Å². The van der Waals surface area contributed by atoms with Crippen molar-refractivity contribution >= 4 is 15.6 Å². The Bertz CT molecular complexity index is 1170. The van der Waals surface area contributed by atoms with Gasteiger partial charge in [0.05, 0.1) is 18.1 Å². The van der Waals surface area contributed by atoms with Crippen molar-refractivity contribution in [1.82, 2.24) is 14.4 Å². The molecule has 178 valence electrons. The van der Waals surface area contributed by atoms with E-state index >= 15 is 0 Å². The van der Waals surface area contributed by atoms with Gasteiger partial charge in [0, 0.05) is 55.7 Å². The van der Waals surface area contributed by atoms with Crippen molar-refractivity contribution in [2.75, 3.05) is 51.0 Å². The highest BCUT2D eigenvalue weighted by Crippen LogP contribution is 2.33. The summed E-state index contributed by atoms with van der Waals surface area (Å²) in [5, 5.41) is 0. The molecule has 0 spiro atoms. The molecular weight excluding hydrogens is 442 g/mol. The first-order valence-electron chi connectivity index (χ1n) is 11.5. The molecule has 0 aliphatic carbocycles. The van der Waals surface area contributed by atoms with Crippen molar-refractivity contribution in [3.05, 3.63) is 46.8 Å². The van der Waals surface area contributed by atoms with E-state index in [4.69, 9.17) is 9.47 Å². The Morgan fingerprint density at radius 2 is 1.76 bits per heavy atom. The highest BCUT2D eigenvalue weighted by molar-refractivity contribution is 7.91. The van der Waals surface area contributed by atoms with Gasteiger partial charge in [-0.2, -0.15) is 0 Å².